The van der Waals surface area contributed by atoms with Crippen LogP contribution in [0.25, 0.3) is 0 Å². The van der Waals surface area contributed by atoms with Crippen LogP contribution < -0.4 is 14.8 Å². The zero-order valence-electron chi connectivity index (χ0n) is 17.8. The standard InChI is InChI=1S/C26H26ClNO4/c27-25(29)13-14-26(30)28-16-15-20-11-12-23(31-18-21-7-3-1-4-8-21)24(17-20)32-19-22-9-5-2-6-10-22/h1-12,17H,13-16,18-19H2,(H,28,30). The van der Waals surface area contributed by atoms with Crippen LogP contribution in [0, 0.1) is 0 Å². The molecule has 0 aliphatic rings. The molecule has 0 spiro atoms. The number of halogens is 1. The molecule has 5 nitrogen and oxygen atoms in total. The number of hydrogen-bond donors (Lipinski definition) is 1. The average Bonchev–Trinajstić information content (AvgIpc) is 2.82. The van der Waals surface area contributed by atoms with Crippen LogP contribution in [0.15, 0.2) is 78.9 Å². The number of amides is 1. The molecule has 0 fully saturated rings. The molecule has 0 saturated carbocycles. The normalized spacial score (nSPS) is 10.4. The van der Waals surface area contributed by atoms with E-state index in [1.807, 2.05) is 78.9 Å². The number of benzene rings is 3. The largest absolute Gasteiger partial charge is 0.485 e. The molecule has 0 atom stereocenters. The predicted octanol–water partition coefficient (Wildman–Crippen LogP) is 5.05. The maximum atomic E-state index is 11.8. The van der Waals surface area contributed by atoms with Crippen LogP contribution in [-0.4, -0.2) is 17.7 Å². The summed E-state index contributed by atoms with van der Waals surface area (Å²) in [5.41, 5.74) is 3.14. The van der Waals surface area contributed by atoms with Crippen LogP contribution >= 0.6 is 11.6 Å². The fourth-order valence-corrected chi connectivity index (χ4v) is 3.15. The molecule has 3 rings (SSSR count). The zero-order valence-corrected chi connectivity index (χ0v) is 18.5. The first-order chi connectivity index (χ1) is 15.6. The highest BCUT2D eigenvalue weighted by Crippen LogP contribution is 2.30. The van der Waals surface area contributed by atoms with Crippen molar-refractivity contribution >= 4 is 22.8 Å². The molecule has 6 heteroatoms. The molecule has 1 amide bonds. The second kappa shape index (κ2) is 12.5. The van der Waals surface area contributed by atoms with Crippen molar-refractivity contribution in [1.82, 2.24) is 5.32 Å². The highest BCUT2D eigenvalue weighted by atomic mass is 35.5. The lowest BCUT2D eigenvalue weighted by atomic mass is 10.1. The van der Waals surface area contributed by atoms with Crippen molar-refractivity contribution < 1.29 is 19.1 Å². The van der Waals surface area contributed by atoms with Gasteiger partial charge in [0.15, 0.2) is 11.5 Å². The number of rotatable bonds is 12. The van der Waals surface area contributed by atoms with E-state index in [0.717, 1.165) is 16.7 Å². The van der Waals surface area contributed by atoms with Crippen molar-refractivity contribution in [2.24, 2.45) is 0 Å². The summed E-state index contributed by atoms with van der Waals surface area (Å²) >= 11 is 5.28. The lowest BCUT2D eigenvalue weighted by Gasteiger charge is -2.15. The Morgan fingerprint density at radius 2 is 1.31 bits per heavy atom. The van der Waals surface area contributed by atoms with E-state index in [1.54, 1.807) is 0 Å². The van der Waals surface area contributed by atoms with Gasteiger partial charge in [-0.3, -0.25) is 9.59 Å². The summed E-state index contributed by atoms with van der Waals surface area (Å²) in [6.07, 6.45) is 0.763. The second-order valence-electron chi connectivity index (χ2n) is 7.28. The van der Waals surface area contributed by atoms with Gasteiger partial charge in [0.25, 0.3) is 0 Å². The minimum atomic E-state index is -0.508. The van der Waals surface area contributed by atoms with Gasteiger partial charge in [0.2, 0.25) is 11.1 Å². The Balaban J connectivity index is 1.63. The number of ether oxygens (including phenoxy) is 2. The van der Waals surface area contributed by atoms with Gasteiger partial charge in [0.1, 0.15) is 13.2 Å². The molecule has 0 unspecified atom stereocenters. The van der Waals surface area contributed by atoms with Crippen molar-refractivity contribution in [3.63, 3.8) is 0 Å². The fourth-order valence-electron chi connectivity index (χ4n) is 3.06. The molecule has 0 aliphatic carbocycles. The number of carbonyl (C=O) groups excluding carboxylic acids is 2. The maximum Gasteiger partial charge on any atom is 0.222 e. The van der Waals surface area contributed by atoms with Crippen LogP contribution in [0.1, 0.15) is 29.5 Å². The van der Waals surface area contributed by atoms with Crippen LogP contribution in [0.5, 0.6) is 11.5 Å². The van der Waals surface area contributed by atoms with Crippen molar-refractivity contribution in [3.8, 4) is 11.5 Å². The van der Waals surface area contributed by atoms with E-state index < -0.39 is 5.24 Å². The van der Waals surface area contributed by atoms with Gasteiger partial charge in [-0.05, 0) is 46.8 Å². The van der Waals surface area contributed by atoms with Crippen LogP contribution in [0.2, 0.25) is 0 Å². The van der Waals surface area contributed by atoms with E-state index in [-0.39, 0.29) is 18.7 Å². The minimum absolute atomic E-state index is 0.0400. The van der Waals surface area contributed by atoms with Crippen molar-refractivity contribution in [3.05, 3.63) is 95.6 Å². The summed E-state index contributed by atoms with van der Waals surface area (Å²) in [5.74, 6) is 1.13. The first-order valence-electron chi connectivity index (χ1n) is 10.5. The third kappa shape index (κ3) is 8.08. The predicted molar refractivity (Wildman–Crippen MR) is 125 cm³/mol. The summed E-state index contributed by atoms with van der Waals surface area (Å²) in [6, 6.07) is 25.7. The molecule has 0 saturated heterocycles. The van der Waals surface area contributed by atoms with Crippen molar-refractivity contribution in [1.29, 1.82) is 0 Å². The Bertz CT molecular complexity index is 1010. The van der Waals surface area contributed by atoms with Gasteiger partial charge in [-0.1, -0.05) is 66.7 Å². The lowest BCUT2D eigenvalue weighted by molar-refractivity contribution is -0.123. The molecule has 0 radical (unpaired) electrons. The summed E-state index contributed by atoms with van der Waals surface area (Å²) in [7, 11) is 0. The highest BCUT2D eigenvalue weighted by molar-refractivity contribution is 6.63. The summed E-state index contributed by atoms with van der Waals surface area (Å²) < 4.78 is 12.1. The van der Waals surface area contributed by atoms with E-state index in [1.165, 1.54) is 0 Å². The monoisotopic (exact) mass is 451 g/mol. The molecule has 0 aromatic heterocycles. The Morgan fingerprint density at radius 3 is 1.91 bits per heavy atom. The average molecular weight is 452 g/mol. The molecule has 1 N–H and O–H groups in total. The molecule has 3 aromatic carbocycles. The first kappa shape index (κ1) is 23.4. The summed E-state index contributed by atoms with van der Waals surface area (Å²) in [5, 5.41) is 2.30. The van der Waals surface area contributed by atoms with Gasteiger partial charge in [-0.15, -0.1) is 0 Å². The molecule has 0 heterocycles. The second-order valence-corrected chi connectivity index (χ2v) is 7.71. The Kier molecular flexibility index (Phi) is 9.14. The molecular weight excluding hydrogens is 426 g/mol. The van der Waals surface area contributed by atoms with Gasteiger partial charge in [-0.2, -0.15) is 0 Å². The minimum Gasteiger partial charge on any atom is -0.485 e. The summed E-state index contributed by atoms with van der Waals surface area (Å²) in [6.45, 7) is 1.32. The number of hydrogen-bond acceptors (Lipinski definition) is 4. The van der Waals surface area contributed by atoms with Gasteiger partial charge < -0.3 is 14.8 Å². The molecule has 3 aromatic rings. The zero-order chi connectivity index (χ0) is 22.6. The van der Waals surface area contributed by atoms with E-state index in [2.05, 4.69) is 5.32 Å². The third-order valence-electron chi connectivity index (χ3n) is 4.77. The topological polar surface area (TPSA) is 64.6 Å². The van der Waals surface area contributed by atoms with Gasteiger partial charge in [-0.25, -0.2) is 0 Å². The highest BCUT2D eigenvalue weighted by Gasteiger charge is 2.09. The third-order valence-corrected chi connectivity index (χ3v) is 4.96. The fraction of sp³-hybridized carbons (Fsp3) is 0.231. The van der Waals surface area contributed by atoms with Crippen molar-refractivity contribution in [2.75, 3.05) is 6.54 Å². The lowest BCUT2D eigenvalue weighted by Crippen LogP contribution is -2.25. The van der Waals surface area contributed by atoms with E-state index in [0.29, 0.717) is 37.7 Å². The number of nitrogens with one attached hydrogen (secondary N) is 1. The Hall–Kier alpha value is -3.31. The van der Waals surface area contributed by atoms with Crippen LogP contribution in [0.3, 0.4) is 0 Å². The van der Waals surface area contributed by atoms with Gasteiger partial charge in [0.05, 0.1) is 0 Å². The Morgan fingerprint density at radius 1 is 0.719 bits per heavy atom. The molecule has 0 bridgehead atoms. The molecule has 0 aliphatic heterocycles. The Labute approximate surface area is 193 Å². The van der Waals surface area contributed by atoms with E-state index in [9.17, 15) is 9.59 Å². The summed E-state index contributed by atoms with van der Waals surface area (Å²) in [4.78, 5) is 22.6. The molecule has 166 valence electrons. The SMILES string of the molecule is O=C(Cl)CCC(=O)NCCc1ccc(OCc2ccccc2)c(OCc2ccccc2)c1. The molecular formula is C26H26ClNO4. The van der Waals surface area contributed by atoms with E-state index >= 15 is 0 Å². The number of carbonyl (C=O) groups is 2. The van der Waals surface area contributed by atoms with Crippen LogP contribution in [0.4, 0.5) is 0 Å². The van der Waals surface area contributed by atoms with Gasteiger partial charge in [0, 0.05) is 19.4 Å². The van der Waals surface area contributed by atoms with E-state index in [4.69, 9.17) is 21.1 Å². The molecule has 32 heavy (non-hydrogen) atoms. The van der Waals surface area contributed by atoms with Crippen molar-refractivity contribution in [2.45, 2.75) is 32.5 Å². The smallest absolute Gasteiger partial charge is 0.222 e. The van der Waals surface area contributed by atoms with Gasteiger partial charge >= 0.3 is 0 Å². The van der Waals surface area contributed by atoms with Crippen LogP contribution in [-0.2, 0) is 29.2 Å². The first-order valence-corrected chi connectivity index (χ1v) is 10.9. The quantitative estimate of drug-likeness (QED) is 0.391. The maximum absolute atomic E-state index is 11.8.